The Morgan fingerprint density at radius 3 is 1.79 bits per heavy atom. The summed E-state index contributed by atoms with van der Waals surface area (Å²) < 4.78 is 25.1. The van der Waals surface area contributed by atoms with Crippen molar-refractivity contribution in [2.45, 2.75) is 12.8 Å². The summed E-state index contributed by atoms with van der Waals surface area (Å²) in [6.45, 7) is 4.20. The summed E-state index contributed by atoms with van der Waals surface area (Å²) in [5, 5.41) is 0. The third-order valence-electron chi connectivity index (χ3n) is 5.45. The quantitative estimate of drug-likeness (QED) is 0.258. The van der Waals surface area contributed by atoms with Gasteiger partial charge >= 0.3 is 8.60 Å². The van der Waals surface area contributed by atoms with E-state index in [0.29, 0.717) is 6.42 Å². The van der Waals surface area contributed by atoms with Crippen molar-refractivity contribution in [2.24, 2.45) is 0 Å². The van der Waals surface area contributed by atoms with E-state index in [2.05, 4.69) is 37.6 Å². The third kappa shape index (κ3) is 5.36. The molecule has 0 saturated carbocycles. The maximum absolute atomic E-state index is 6.41. The van der Waals surface area contributed by atoms with Gasteiger partial charge in [-0.15, -0.1) is 0 Å². The van der Waals surface area contributed by atoms with Gasteiger partial charge in [0.25, 0.3) is 0 Å². The van der Waals surface area contributed by atoms with Gasteiger partial charge in [0.1, 0.15) is 23.0 Å². The summed E-state index contributed by atoms with van der Waals surface area (Å²) in [6.07, 6.45) is 1.44. The fraction of sp³-hybridized carbons (Fsp3) is 0.143. The monoisotopic (exact) mass is 488 g/mol. The van der Waals surface area contributed by atoms with Crippen molar-refractivity contribution in [1.29, 1.82) is 0 Å². The average Bonchev–Trinajstić information content (AvgIpc) is 2.82. The molecule has 0 atom stereocenters. The maximum atomic E-state index is 6.41. The van der Waals surface area contributed by atoms with Crippen LogP contribution in [-0.2, 0) is 12.8 Å². The first-order valence-electron chi connectivity index (χ1n) is 11.2. The lowest BCUT2D eigenvalue weighted by molar-refractivity contribution is 0.380. The molecule has 1 aliphatic rings. The minimum Gasteiger partial charge on any atom is -0.474 e. The molecule has 1 heterocycles. The van der Waals surface area contributed by atoms with Crippen molar-refractivity contribution in [2.75, 3.05) is 13.3 Å². The zero-order valence-corrected chi connectivity index (χ0v) is 21.0. The molecule has 0 unspecified atom stereocenters. The van der Waals surface area contributed by atoms with Gasteiger partial charge < -0.3 is 18.1 Å². The Labute approximate surface area is 203 Å². The summed E-state index contributed by atoms with van der Waals surface area (Å²) in [6, 6.07) is 32.4. The van der Waals surface area contributed by atoms with Crippen LogP contribution in [0.3, 0.4) is 0 Å². The van der Waals surface area contributed by atoms with Crippen molar-refractivity contribution in [3.63, 3.8) is 0 Å². The predicted molar refractivity (Wildman–Crippen MR) is 140 cm³/mol. The molecule has 0 radical (unpaired) electrons. The molecule has 4 aromatic rings. The number of rotatable bonds is 6. The van der Waals surface area contributed by atoms with Crippen LogP contribution in [0.15, 0.2) is 97.1 Å². The van der Waals surface area contributed by atoms with Gasteiger partial charge in [0, 0.05) is 12.8 Å². The van der Waals surface area contributed by atoms with Gasteiger partial charge in [-0.05, 0) is 59.8 Å². The SMILES string of the molecule is CP(C)Oc1ccccc1Cc1ccccc1OP1Oc2ccccc2Cc2ccccc2O1. The minimum absolute atomic E-state index is 0.512. The highest BCUT2D eigenvalue weighted by Crippen LogP contribution is 2.47. The lowest BCUT2D eigenvalue weighted by atomic mass is 10.0. The molecule has 0 aliphatic carbocycles. The third-order valence-corrected chi connectivity index (χ3v) is 7.05. The highest BCUT2D eigenvalue weighted by Gasteiger charge is 2.26. The van der Waals surface area contributed by atoms with Gasteiger partial charge in [-0.2, -0.15) is 0 Å². The molecular weight excluding hydrogens is 462 g/mol. The van der Waals surface area contributed by atoms with Crippen LogP contribution in [0.2, 0.25) is 0 Å². The molecule has 34 heavy (non-hydrogen) atoms. The molecule has 0 amide bonds. The predicted octanol–water partition coefficient (Wildman–Crippen LogP) is 7.98. The Morgan fingerprint density at radius 1 is 0.676 bits per heavy atom. The Hall–Kier alpha value is -3.06. The number of hydrogen-bond acceptors (Lipinski definition) is 4. The fourth-order valence-electron chi connectivity index (χ4n) is 3.86. The Balaban J connectivity index is 1.44. The summed E-state index contributed by atoms with van der Waals surface area (Å²) in [7, 11) is -2.22. The normalized spacial score (nSPS) is 13.0. The van der Waals surface area contributed by atoms with E-state index in [-0.39, 0.29) is 0 Å². The maximum Gasteiger partial charge on any atom is 0.530 e. The summed E-state index contributed by atoms with van der Waals surface area (Å²) in [5.74, 6) is 3.24. The van der Waals surface area contributed by atoms with E-state index < -0.39 is 16.8 Å². The minimum atomic E-state index is -1.71. The Bertz CT molecular complexity index is 1230. The molecule has 4 nitrogen and oxygen atoms in total. The van der Waals surface area contributed by atoms with Gasteiger partial charge in [0.2, 0.25) is 0 Å². The first kappa shape index (κ1) is 22.7. The first-order valence-corrected chi connectivity index (χ1v) is 14.4. The summed E-state index contributed by atoms with van der Waals surface area (Å²) >= 11 is 0. The number of hydrogen-bond donors (Lipinski definition) is 0. The van der Waals surface area contributed by atoms with Crippen LogP contribution in [-0.4, -0.2) is 13.3 Å². The number of fused-ring (bicyclic) bond motifs is 2. The van der Waals surface area contributed by atoms with E-state index in [1.54, 1.807) is 0 Å². The van der Waals surface area contributed by atoms with E-state index in [0.717, 1.165) is 51.7 Å². The topological polar surface area (TPSA) is 36.9 Å². The Kier molecular flexibility index (Phi) is 7.00. The molecule has 0 aromatic heterocycles. The molecule has 1 aliphatic heterocycles. The van der Waals surface area contributed by atoms with E-state index in [4.69, 9.17) is 18.1 Å². The van der Waals surface area contributed by atoms with E-state index in [1.807, 2.05) is 72.8 Å². The summed E-state index contributed by atoms with van der Waals surface area (Å²) in [4.78, 5) is 0. The summed E-state index contributed by atoms with van der Waals surface area (Å²) in [5.41, 5.74) is 4.40. The van der Waals surface area contributed by atoms with Crippen LogP contribution in [0.4, 0.5) is 0 Å². The number of benzene rings is 4. The van der Waals surface area contributed by atoms with Crippen molar-refractivity contribution < 1.29 is 18.1 Å². The number of para-hydroxylation sites is 4. The van der Waals surface area contributed by atoms with Crippen molar-refractivity contribution in [3.8, 4) is 23.0 Å². The molecule has 0 saturated heterocycles. The highest BCUT2D eigenvalue weighted by molar-refractivity contribution is 7.51. The molecule has 4 aromatic carbocycles. The van der Waals surface area contributed by atoms with Crippen LogP contribution < -0.4 is 18.1 Å². The van der Waals surface area contributed by atoms with E-state index >= 15 is 0 Å². The zero-order chi connectivity index (χ0) is 23.3. The first-order chi connectivity index (χ1) is 16.7. The van der Waals surface area contributed by atoms with Gasteiger partial charge in [0.15, 0.2) is 0 Å². The van der Waals surface area contributed by atoms with Crippen LogP contribution in [0, 0.1) is 0 Å². The van der Waals surface area contributed by atoms with Gasteiger partial charge in [-0.25, -0.2) is 0 Å². The largest absolute Gasteiger partial charge is 0.530 e. The van der Waals surface area contributed by atoms with Gasteiger partial charge in [-0.3, -0.25) is 0 Å². The zero-order valence-electron chi connectivity index (χ0n) is 19.2. The van der Waals surface area contributed by atoms with E-state index in [9.17, 15) is 0 Å². The molecule has 6 heteroatoms. The molecule has 0 fully saturated rings. The van der Waals surface area contributed by atoms with Gasteiger partial charge in [0.05, 0.1) is 8.15 Å². The fourth-order valence-corrected chi connectivity index (χ4v) is 5.56. The van der Waals surface area contributed by atoms with Crippen molar-refractivity contribution >= 4 is 16.8 Å². The molecule has 5 rings (SSSR count). The van der Waals surface area contributed by atoms with Crippen molar-refractivity contribution in [1.82, 2.24) is 0 Å². The van der Waals surface area contributed by atoms with Crippen LogP contribution >= 0.6 is 16.8 Å². The molecule has 172 valence electrons. The second-order valence-electron chi connectivity index (χ2n) is 8.19. The van der Waals surface area contributed by atoms with E-state index in [1.165, 1.54) is 0 Å². The lowest BCUT2D eigenvalue weighted by Gasteiger charge is -2.24. The molecule has 0 spiro atoms. The van der Waals surface area contributed by atoms with Crippen molar-refractivity contribution in [3.05, 3.63) is 119 Å². The lowest BCUT2D eigenvalue weighted by Crippen LogP contribution is -2.09. The standard InChI is InChI=1S/C28H26O4P2/c1-33(2)29-25-15-7-3-11-21(25)19-22-12-4-8-16-26(22)30-34-31-27-17-9-5-13-23(27)20-24-14-6-10-18-28(24)32-34/h3-18H,19-20H2,1-2H3. The van der Waals surface area contributed by atoms with Crippen LogP contribution in [0.25, 0.3) is 0 Å². The van der Waals surface area contributed by atoms with Crippen LogP contribution in [0.5, 0.6) is 23.0 Å². The molecule has 0 bridgehead atoms. The highest BCUT2D eigenvalue weighted by atomic mass is 31.2. The molecular formula is C28H26O4P2. The smallest absolute Gasteiger partial charge is 0.474 e. The second kappa shape index (κ2) is 10.5. The van der Waals surface area contributed by atoms with Gasteiger partial charge in [-0.1, -0.05) is 72.8 Å². The molecule has 0 N–H and O–H groups in total. The average molecular weight is 488 g/mol. The second-order valence-corrected chi connectivity index (χ2v) is 11.0. The van der Waals surface area contributed by atoms with Crippen LogP contribution in [0.1, 0.15) is 22.3 Å². The Morgan fingerprint density at radius 2 is 1.18 bits per heavy atom.